The van der Waals surface area contributed by atoms with Gasteiger partial charge in [0.25, 0.3) is 0 Å². The number of nitrogens with one attached hydrogen (secondary N) is 1. The highest BCUT2D eigenvalue weighted by molar-refractivity contribution is 7.08. The summed E-state index contributed by atoms with van der Waals surface area (Å²) < 4.78 is 0. The van der Waals surface area contributed by atoms with Gasteiger partial charge < -0.3 is 5.32 Å². The lowest BCUT2D eigenvalue weighted by molar-refractivity contribution is 0.902. The minimum Gasteiger partial charge on any atom is -0.370 e. The molecule has 2 aromatic rings. The molecule has 4 heteroatoms. The summed E-state index contributed by atoms with van der Waals surface area (Å²) in [5, 5.41) is 7.54. The summed E-state index contributed by atoms with van der Waals surface area (Å²) in [6.45, 7) is 5.15. The van der Waals surface area contributed by atoms with Crippen molar-refractivity contribution in [3.63, 3.8) is 0 Å². The quantitative estimate of drug-likeness (QED) is 0.877. The normalized spacial score (nSPS) is 10.5. The summed E-state index contributed by atoms with van der Waals surface area (Å²) >= 11 is 1.70. The third kappa shape index (κ3) is 2.64. The number of hydrogen-bond donors (Lipinski definition) is 1. The standard InChI is InChI=1S/C13H17N3S/c1-3-5-11-12(10-6-7-17-8-10)15-9-16-13(11)14-4-2/h6-9H,3-5H2,1-2H3,(H,14,15,16). The Morgan fingerprint density at radius 3 is 2.82 bits per heavy atom. The molecule has 0 aromatic carbocycles. The van der Waals surface area contributed by atoms with Crippen molar-refractivity contribution < 1.29 is 0 Å². The average molecular weight is 247 g/mol. The molecule has 0 radical (unpaired) electrons. The van der Waals surface area contributed by atoms with E-state index in [4.69, 9.17) is 0 Å². The van der Waals surface area contributed by atoms with Gasteiger partial charge in [-0.05, 0) is 24.8 Å². The minimum absolute atomic E-state index is 0.886. The van der Waals surface area contributed by atoms with Crippen molar-refractivity contribution in [3.05, 3.63) is 28.7 Å². The van der Waals surface area contributed by atoms with Crippen molar-refractivity contribution in [2.75, 3.05) is 11.9 Å². The number of hydrogen-bond acceptors (Lipinski definition) is 4. The molecule has 0 aliphatic heterocycles. The van der Waals surface area contributed by atoms with Gasteiger partial charge in [-0.15, -0.1) is 0 Å². The van der Waals surface area contributed by atoms with Crippen LogP contribution in [0.15, 0.2) is 23.2 Å². The first-order chi connectivity index (χ1) is 8.36. The summed E-state index contributed by atoms with van der Waals surface area (Å²) in [7, 11) is 0. The fourth-order valence-corrected chi connectivity index (χ4v) is 2.51. The van der Waals surface area contributed by atoms with Gasteiger partial charge in [0.2, 0.25) is 0 Å². The molecule has 0 aliphatic carbocycles. The van der Waals surface area contributed by atoms with E-state index in [1.54, 1.807) is 17.7 Å². The second kappa shape index (κ2) is 5.77. The van der Waals surface area contributed by atoms with Crippen LogP contribution in [0.1, 0.15) is 25.8 Å². The molecule has 0 fully saturated rings. The van der Waals surface area contributed by atoms with Crippen LogP contribution in [0.25, 0.3) is 11.3 Å². The number of thiophene rings is 1. The lowest BCUT2D eigenvalue weighted by Crippen LogP contribution is -2.06. The maximum absolute atomic E-state index is 4.44. The molecule has 0 aliphatic rings. The van der Waals surface area contributed by atoms with E-state index in [-0.39, 0.29) is 0 Å². The van der Waals surface area contributed by atoms with Gasteiger partial charge in [0.05, 0.1) is 5.69 Å². The van der Waals surface area contributed by atoms with Crippen LogP contribution in [-0.2, 0) is 6.42 Å². The first-order valence-electron chi connectivity index (χ1n) is 5.97. The van der Waals surface area contributed by atoms with Crippen molar-refractivity contribution in [1.29, 1.82) is 0 Å². The third-order valence-electron chi connectivity index (χ3n) is 2.58. The molecule has 2 rings (SSSR count). The molecule has 0 unspecified atom stereocenters. The Balaban J connectivity index is 2.46. The van der Waals surface area contributed by atoms with E-state index in [0.717, 1.165) is 30.9 Å². The van der Waals surface area contributed by atoms with E-state index in [0.29, 0.717) is 0 Å². The summed E-state index contributed by atoms with van der Waals surface area (Å²) in [6, 6.07) is 2.11. The highest BCUT2D eigenvalue weighted by Crippen LogP contribution is 2.28. The monoisotopic (exact) mass is 247 g/mol. The fraction of sp³-hybridized carbons (Fsp3) is 0.385. The van der Waals surface area contributed by atoms with E-state index in [1.807, 2.05) is 0 Å². The van der Waals surface area contributed by atoms with Crippen LogP contribution >= 0.6 is 11.3 Å². The van der Waals surface area contributed by atoms with E-state index in [1.165, 1.54) is 11.1 Å². The first-order valence-corrected chi connectivity index (χ1v) is 6.91. The van der Waals surface area contributed by atoms with Crippen molar-refractivity contribution in [3.8, 4) is 11.3 Å². The van der Waals surface area contributed by atoms with Gasteiger partial charge in [-0.3, -0.25) is 0 Å². The summed E-state index contributed by atoms with van der Waals surface area (Å²) in [6.07, 6.45) is 3.75. The van der Waals surface area contributed by atoms with Crippen LogP contribution in [0.5, 0.6) is 0 Å². The van der Waals surface area contributed by atoms with Crippen LogP contribution in [0.4, 0.5) is 5.82 Å². The SMILES string of the molecule is CCCc1c(NCC)ncnc1-c1ccsc1. The molecule has 1 N–H and O–H groups in total. The molecule has 0 saturated heterocycles. The fourth-order valence-electron chi connectivity index (χ4n) is 1.87. The Bertz CT molecular complexity index is 466. The van der Waals surface area contributed by atoms with Crippen LogP contribution in [0.2, 0.25) is 0 Å². The van der Waals surface area contributed by atoms with E-state index in [2.05, 4.69) is 46.0 Å². The second-order valence-corrected chi connectivity index (χ2v) is 4.62. The van der Waals surface area contributed by atoms with Gasteiger partial charge in [-0.2, -0.15) is 11.3 Å². The Morgan fingerprint density at radius 2 is 2.18 bits per heavy atom. The van der Waals surface area contributed by atoms with Crippen molar-refractivity contribution in [1.82, 2.24) is 9.97 Å². The number of rotatable bonds is 5. The number of anilines is 1. The molecule has 90 valence electrons. The Morgan fingerprint density at radius 1 is 1.29 bits per heavy atom. The van der Waals surface area contributed by atoms with Crippen LogP contribution < -0.4 is 5.32 Å². The lowest BCUT2D eigenvalue weighted by Gasteiger charge is -2.12. The highest BCUT2D eigenvalue weighted by atomic mass is 32.1. The largest absolute Gasteiger partial charge is 0.370 e. The molecule has 2 heterocycles. The highest BCUT2D eigenvalue weighted by Gasteiger charge is 2.11. The van der Waals surface area contributed by atoms with Crippen molar-refractivity contribution in [2.45, 2.75) is 26.7 Å². The Kier molecular flexibility index (Phi) is 4.09. The second-order valence-electron chi connectivity index (χ2n) is 3.84. The topological polar surface area (TPSA) is 37.8 Å². The van der Waals surface area contributed by atoms with Crippen LogP contribution in [0, 0.1) is 0 Å². The van der Waals surface area contributed by atoms with Gasteiger partial charge in [0.1, 0.15) is 12.1 Å². The van der Waals surface area contributed by atoms with Gasteiger partial charge in [0.15, 0.2) is 0 Å². The Hall–Kier alpha value is -1.42. The van der Waals surface area contributed by atoms with Gasteiger partial charge in [-0.1, -0.05) is 13.3 Å². The maximum Gasteiger partial charge on any atom is 0.133 e. The van der Waals surface area contributed by atoms with E-state index in [9.17, 15) is 0 Å². The molecule has 17 heavy (non-hydrogen) atoms. The zero-order valence-electron chi connectivity index (χ0n) is 10.2. The van der Waals surface area contributed by atoms with Gasteiger partial charge >= 0.3 is 0 Å². The summed E-state index contributed by atoms with van der Waals surface area (Å²) in [4.78, 5) is 8.78. The maximum atomic E-state index is 4.44. The predicted octanol–water partition coefficient (Wildman–Crippen LogP) is 3.59. The molecule has 0 spiro atoms. The average Bonchev–Trinajstić information content (AvgIpc) is 2.85. The Labute approximate surface area is 106 Å². The van der Waals surface area contributed by atoms with Crippen molar-refractivity contribution in [2.24, 2.45) is 0 Å². The van der Waals surface area contributed by atoms with Gasteiger partial charge in [0, 0.05) is 23.1 Å². The smallest absolute Gasteiger partial charge is 0.133 e. The molecule has 0 bridgehead atoms. The van der Waals surface area contributed by atoms with Crippen LogP contribution in [0.3, 0.4) is 0 Å². The number of aromatic nitrogens is 2. The van der Waals surface area contributed by atoms with E-state index >= 15 is 0 Å². The summed E-state index contributed by atoms with van der Waals surface area (Å²) in [5.41, 5.74) is 3.49. The zero-order chi connectivity index (χ0) is 12.1. The predicted molar refractivity (Wildman–Crippen MR) is 73.5 cm³/mol. The molecular weight excluding hydrogens is 230 g/mol. The molecular formula is C13H17N3S. The zero-order valence-corrected chi connectivity index (χ0v) is 11.0. The van der Waals surface area contributed by atoms with Gasteiger partial charge in [-0.25, -0.2) is 9.97 Å². The molecule has 2 aromatic heterocycles. The lowest BCUT2D eigenvalue weighted by atomic mass is 10.1. The number of nitrogens with zero attached hydrogens (tertiary/aromatic N) is 2. The first kappa shape index (κ1) is 12.0. The molecule has 3 nitrogen and oxygen atoms in total. The molecule has 0 amide bonds. The third-order valence-corrected chi connectivity index (χ3v) is 3.27. The molecule has 0 saturated carbocycles. The van der Waals surface area contributed by atoms with Crippen molar-refractivity contribution >= 4 is 17.2 Å². The minimum atomic E-state index is 0.886. The van der Waals surface area contributed by atoms with Crippen LogP contribution in [-0.4, -0.2) is 16.5 Å². The van der Waals surface area contributed by atoms with E-state index < -0.39 is 0 Å². The summed E-state index contributed by atoms with van der Waals surface area (Å²) in [5.74, 6) is 0.977. The molecule has 0 atom stereocenters.